The molecule has 0 saturated carbocycles. The van der Waals surface area contributed by atoms with Gasteiger partial charge in [-0.3, -0.25) is 0 Å². The van der Waals surface area contributed by atoms with Crippen molar-refractivity contribution in [3.05, 3.63) is 41.7 Å². The van der Waals surface area contributed by atoms with Crippen molar-refractivity contribution in [1.29, 1.82) is 0 Å². The summed E-state index contributed by atoms with van der Waals surface area (Å²) in [6.45, 7) is 15.5. The molecule has 114 valence electrons. The number of benzene rings is 1. The van der Waals surface area contributed by atoms with Crippen LogP contribution in [0.2, 0.25) is 0 Å². The van der Waals surface area contributed by atoms with Gasteiger partial charge in [-0.2, -0.15) is 0 Å². The van der Waals surface area contributed by atoms with Gasteiger partial charge in [0.1, 0.15) is 5.82 Å². The van der Waals surface area contributed by atoms with E-state index in [0.717, 1.165) is 43.0 Å². The van der Waals surface area contributed by atoms with Gasteiger partial charge >= 0.3 is 0 Å². The van der Waals surface area contributed by atoms with Crippen molar-refractivity contribution in [2.24, 2.45) is 0 Å². The first-order chi connectivity index (χ1) is 10.0. The van der Waals surface area contributed by atoms with Crippen molar-refractivity contribution in [2.75, 3.05) is 13.1 Å². The molecule has 21 heavy (non-hydrogen) atoms. The first-order valence-electron chi connectivity index (χ1n) is 7.87. The van der Waals surface area contributed by atoms with E-state index in [1.807, 2.05) is 0 Å². The van der Waals surface area contributed by atoms with Gasteiger partial charge in [0.15, 0.2) is 0 Å². The number of imidazole rings is 1. The smallest absolute Gasteiger partial charge is 0.111 e. The quantitative estimate of drug-likeness (QED) is 0.618. The fourth-order valence-electron chi connectivity index (χ4n) is 2.57. The van der Waals surface area contributed by atoms with E-state index in [2.05, 4.69) is 62.4 Å². The summed E-state index contributed by atoms with van der Waals surface area (Å²) in [6.07, 6.45) is 0.951. The fourth-order valence-corrected chi connectivity index (χ4v) is 2.57. The minimum Gasteiger partial charge on any atom is -0.324 e. The van der Waals surface area contributed by atoms with Crippen LogP contribution in [0.3, 0.4) is 0 Å². The Balaban J connectivity index is 2.41. The van der Waals surface area contributed by atoms with E-state index in [1.54, 1.807) is 0 Å². The van der Waals surface area contributed by atoms with Crippen LogP contribution in [0.25, 0.3) is 11.0 Å². The van der Waals surface area contributed by atoms with Crippen LogP contribution < -0.4 is 5.32 Å². The Morgan fingerprint density at radius 2 is 2.14 bits per heavy atom. The number of fused-ring (bicyclic) bond motifs is 1. The highest BCUT2D eigenvalue weighted by molar-refractivity contribution is 5.77. The Labute approximate surface area is 128 Å². The lowest BCUT2D eigenvalue weighted by Gasteiger charge is -2.10. The number of rotatable bonds is 7. The van der Waals surface area contributed by atoms with E-state index >= 15 is 0 Å². The van der Waals surface area contributed by atoms with Crippen molar-refractivity contribution >= 4 is 11.0 Å². The van der Waals surface area contributed by atoms with E-state index in [-0.39, 0.29) is 0 Å². The number of nitrogens with zero attached hydrogens (tertiary/aromatic N) is 2. The zero-order chi connectivity index (χ0) is 15.4. The zero-order valence-electron chi connectivity index (χ0n) is 13.7. The highest BCUT2D eigenvalue weighted by atomic mass is 15.1. The van der Waals surface area contributed by atoms with Gasteiger partial charge in [0.2, 0.25) is 0 Å². The molecule has 0 aliphatic rings. The van der Waals surface area contributed by atoms with E-state index in [0.29, 0.717) is 5.92 Å². The third kappa shape index (κ3) is 3.73. The second kappa shape index (κ2) is 6.90. The van der Waals surface area contributed by atoms with Gasteiger partial charge in [0.25, 0.3) is 0 Å². The van der Waals surface area contributed by atoms with Crippen LogP contribution in [0.4, 0.5) is 0 Å². The van der Waals surface area contributed by atoms with Gasteiger partial charge in [-0.05, 0) is 37.1 Å². The molecule has 1 heterocycles. The summed E-state index contributed by atoms with van der Waals surface area (Å²) < 4.78 is 2.30. The molecule has 0 radical (unpaired) electrons. The normalized spacial score (nSPS) is 11.5. The van der Waals surface area contributed by atoms with Gasteiger partial charge in [0.05, 0.1) is 11.0 Å². The van der Waals surface area contributed by atoms with Gasteiger partial charge in [-0.15, -0.1) is 0 Å². The first-order valence-corrected chi connectivity index (χ1v) is 7.87. The SMILES string of the molecule is C=C(C)Cn1c(CCNCC)nc2cc(C(C)C)ccc21. The predicted molar refractivity (Wildman–Crippen MR) is 90.9 cm³/mol. The minimum atomic E-state index is 0.533. The summed E-state index contributed by atoms with van der Waals surface area (Å²) in [7, 11) is 0. The Morgan fingerprint density at radius 3 is 2.76 bits per heavy atom. The second-order valence-corrected chi connectivity index (χ2v) is 6.08. The average Bonchev–Trinajstić information content (AvgIpc) is 2.76. The van der Waals surface area contributed by atoms with Crippen LogP contribution in [0.5, 0.6) is 0 Å². The van der Waals surface area contributed by atoms with Gasteiger partial charge in [0, 0.05) is 19.5 Å². The molecule has 0 aliphatic heterocycles. The number of allylic oxidation sites excluding steroid dienone is 1. The molecular weight excluding hydrogens is 258 g/mol. The van der Waals surface area contributed by atoms with Crippen LogP contribution in [-0.2, 0) is 13.0 Å². The maximum atomic E-state index is 4.86. The highest BCUT2D eigenvalue weighted by Crippen LogP contribution is 2.23. The molecule has 2 rings (SSSR count). The maximum Gasteiger partial charge on any atom is 0.111 e. The van der Waals surface area contributed by atoms with E-state index in [1.165, 1.54) is 11.1 Å². The lowest BCUT2D eigenvalue weighted by atomic mass is 10.0. The molecule has 0 saturated heterocycles. The third-order valence-electron chi connectivity index (χ3n) is 3.72. The Hall–Kier alpha value is -1.61. The summed E-state index contributed by atoms with van der Waals surface area (Å²) in [6, 6.07) is 6.65. The molecule has 1 aromatic carbocycles. The number of aromatic nitrogens is 2. The molecule has 0 aliphatic carbocycles. The molecule has 3 nitrogen and oxygen atoms in total. The highest BCUT2D eigenvalue weighted by Gasteiger charge is 2.12. The van der Waals surface area contributed by atoms with E-state index in [9.17, 15) is 0 Å². The lowest BCUT2D eigenvalue weighted by Crippen LogP contribution is -2.18. The molecular formula is C18H27N3. The predicted octanol–water partition coefficient (Wildman–Crippen LogP) is 3.89. The third-order valence-corrected chi connectivity index (χ3v) is 3.72. The molecule has 0 bridgehead atoms. The molecule has 3 heteroatoms. The Bertz CT molecular complexity index is 623. The van der Waals surface area contributed by atoms with Crippen LogP contribution in [0.1, 0.15) is 45.0 Å². The van der Waals surface area contributed by atoms with Gasteiger partial charge < -0.3 is 9.88 Å². The standard InChI is InChI=1S/C18H27N3/c1-6-19-10-9-18-20-16-11-15(14(4)5)7-8-17(16)21(18)12-13(2)3/h7-8,11,14,19H,2,6,9-10,12H2,1,3-5H3. The molecule has 0 fully saturated rings. The monoisotopic (exact) mass is 285 g/mol. The van der Waals surface area contributed by atoms with Gasteiger partial charge in [-0.25, -0.2) is 4.98 Å². The number of likely N-dealkylation sites (N-methyl/N-ethyl adjacent to an activating group) is 1. The largest absolute Gasteiger partial charge is 0.324 e. The van der Waals surface area contributed by atoms with Crippen molar-refractivity contribution in [2.45, 2.75) is 46.6 Å². The summed E-state index contributed by atoms with van der Waals surface area (Å²) in [5.74, 6) is 1.68. The van der Waals surface area contributed by atoms with Crippen LogP contribution >= 0.6 is 0 Å². The van der Waals surface area contributed by atoms with Crippen molar-refractivity contribution in [3.63, 3.8) is 0 Å². The summed E-state index contributed by atoms with van der Waals surface area (Å²) >= 11 is 0. The molecule has 2 aromatic rings. The molecule has 1 aromatic heterocycles. The fraction of sp³-hybridized carbons (Fsp3) is 0.500. The molecule has 0 amide bonds. The average molecular weight is 285 g/mol. The van der Waals surface area contributed by atoms with E-state index < -0.39 is 0 Å². The van der Waals surface area contributed by atoms with Crippen LogP contribution in [-0.4, -0.2) is 22.6 Å². The molecule has 0 atom stereocenters. The van der Waals surface area contributed by atoms with Crippen molar-refractivity contribution in [3.8, 4) is 0 Å². The summed E-state index contributed by atoms with van der Waals surface area (Å²) in [4.78, 5) is 4.86. The van der Waals surface area contributed by atoms with Gasteiger partial charge in [-0.1, -0.05) is 39.0 Å². The lowest BCUT2D eigenvalue weighted by molar-refractivity contribution is 0.662. The van der Waals surface area contributed by atoms with Crippen molar-refractivity contribution in [1.82, 2.24) is 14.9 Å². The zero-order valence-corrected chi connectivity index (χ0v) is 13.7. The van der Waals surface area contributed by atoms with Crippen molar-refractivity contribution < 1.29 is 0 Å². The maximum absolute atomic E-state index is 4.86. The minimum absolute atomic E-state index is 0.533. The Morgan fingerprint density at radius 1 is 1.38 bits per heavy atom. The number of nitrogens with one attached hydrogen (secondary N) is 1. The number of hydrogen-bond donors (Lipinski definition) is 1. The molecule has 1 N–H and O–H groups in total. The molecule has 0 unspecified atom stereocenters. The topological polar surface area (TPSA) is 29.9 Å². The summed E-state index contributed by atoms with van der Waals surface area (Å²) in [5.41, 5.74) is 4.83. The Kier molecular flexibility index (Phi) is 5.18. The number of hydrogen-bond acceptors (Lipinski definition) is 2. The van der Waals surface area contributed by atoms with Crippen LogP contribution in [0, 0.1) is 0 Å². The second-order valence-electron chi connectivity index (χ2n) is 6.08. The van der Waals surface area contributed by atoms with E-state index in [4.69, 9.17) is 4.98 Å². The summed E-state index contributed by atoms with van der Waals surface area (Å²) in [5, 5.41) is 3.38. The molecule has 0 spiro atoms. The first kappa shape index (κ1) is 15.8. The van der Waals surface area contributed by atoms with Crippen LogP contribution in [0.15, 0.2) is 30.4 Å².